The number of rotatable bonds is 4. The highest BCUT2D eigenvalue weighted by Gasteiger charge is 2.40. The van der Waals surface area contributed by atoms with Crippen LogP contribution < -0.4 is 5.73 Å². The molecule has 2 unspecified atom stereocenters. The van der Waals surface area contributed by atoms with Crippen LogP contribution in [0.3, 0.4) is 0 Å². The van der Waals surface area contributed by atoms with Crippen molar-refractivity contribution in [2.75, 3.05) is 13.1 Å². The Kier molecular flexibility index (Phi) is 6.99. The number of aliphatic hydroxyl groups excluding tert-OH is 1. The van der Waals surface area contributed by atoms with Crippen molar-refractivity contribution in [2.24, 2.45) is 5.73 Å². The van der Waals surface area contributed by atoms with E-state index in [9.17, 15) is 32.3 Å². The number of piperidine rings is 1. The Morgan fingerprint density at radius 3 is 2.52 bits per heavy atom. The Morgan fingerprint density at radius 2 is 1.91 bits per heavy atom. The maximum absolute atomic E-state index is 13.7. The first-order valence-corrected chi connectivity index (χ1v) is 10.8. The van der Waals surface area contributed by atoms with Crippen LogP contribution in [0, 0.1) is 0 Å². The van der Waals surface area contributed by atoms with Crippen LogP contribution in [0.2, 0.25) is 0 Å². The summed E-state index contributed by atoms with van der Waals surface area (Å²) in [6.07, 6.45) is -8.23. The van der Waals surface area contributed by atoms with E-state index in [1.807, 2.05) is 0 Å². The second-order valence-electron chi connectivity index (χ2n) is 9.61. The Hall–Kier alpha value is -2.34. The topological polar surface area (TPSA) is 113 Å². The van der Waals surface area contributed by atoms with Gasteiger partial charge < -0.3 is 20.6 Å². The van der Waals surface area contributed by atoms with Crippen molar-refractivity contribution in [1.82, 2.24) is 19.8 Å². The highest BCUT2D eigenvalue weighted by molar-refractivity contribution is 5.78. The molecule has 1 aromatic rings. The van der Waals surface area contributed by atoms with E-state index in [1.165, 1.54) is 4.90 Å². The molecule has 3 rings (SSSR count). The predicted octanol–water partition coefficient (Wildman–Crippen LogP) is 1.67. The monoisotopic (exact) mass is 475 g/mol. The number of likely N-dealkylation sites (tertiary alicyclic amines) is 1. The van der Waals surface area contributed by atoms with Crippen LogP contribution in [0.1, 0.15) is 62.8 Å². The summed E-state index contributed by atoms with van der Waals surface area (Å²) in [5.74, 6) is -0.830. The van der Waals surface area contributed by atoms with E-state index in [2.05, 4.69) is 9.97 Å². The van der Waals surface area contributed by atoms with Gasteiger partial charge in [0.1, 0.15) is 12.0 Å². The fourth-order valence-corrected chi connectivity index (χ4v) is 3.99. The minimum atomic E-state index is -4.64. The van der Waals surface area contributed by atoms with Gasteiger partial charge in [0.15, 0.2) is 11.9 Å². The van der Waals surface area contributed by atoms with E-state index in [4.69, 9.17) is 5.73 Å². The van der Waals surface area contributed by atoms with E-state index < -0.39 is 47.5 Å². The highest BCUT2D eigenvalue weighted by atomic mass is 19.4. The number of nitrogens with two attached hydrogens (primary N) is 1. The molecule has 2 amide bonds. The number of aromatic nitrogens is 2. The molecule has 1 saturated heterocycles. The van der Waals surface area contributed by atoms with Crippen molar-refractivity contribution < 1.29 is 32.3 Å². The summed E-state index contributed by atoms with van der Waals surface area (Å²) in [5.41, 5.74) is 4.43. The summed E-state index contributed by atoms with van der Waals surface area (Å²) in [7, 11) is 0. The molecule has 1 aromatic heterocycles. The smallest absolute Gasteiger partial charge is 0.370 e. The van der Waals surface area contributed by atoms with Crippen LogP contribution in [0.15, 0.2) is 0 Å². The quantitative estimate of drug-likeness (QED) is 0.641. The van der Waals surface area contributed by atoms with Crippen molar-refractivity contribution in [3.8, 4) is 0 Å². The summed E-state index contributed by atoms with van der Waals surface area (Å²) >= 11 is 0. The lowest BCUT2D eigenvalue weighted by atomic mass is 9.93. The van der Waals surface area contributed by atoms with Gasteiger partial charge in [0, 0.05) is 43.0 Å². The Morgan fingerprint density at radius 1 is 1.24 bits per heavy atom. The van der Waals surface area contributed by atoms with E-state index in [0.29, 0.717) is 0 Å². The second-order valence-corrected chi connectivity index (χ2v) is 9.61. The van der Waals surface area contributed by atoms with Gasteiger partial charge in [0.2, 0.25) is 11.8 Å². The molecule has 2 aliphatic rings. The molecule has 33 heavy (non-hydrogen) atoms. The number of carbonyl (C=O) groups excluding carboxylic acids is 2. The van der Waals surface area contributed by atoms with Crippen molar-refractivity contribution in [3.05, 3.63) is 22.8 Å². The Labute approximate surface area is 189 Å². The summed E-state index contributed by atoms with van der Waals surface area (Å²) in [5, 5.41) is 9.91. The predicted molar refractivity (Wildman–Crippen MR) is 109 cm³/mol. The minimum Gasteiger partial charge on any atom is -0.370 e. The number of amides is 2. The van der Waals surface area contributed by atoms with Gasteiger partial charge in [-0.1, -0.05) is 20.8 Å². The third kappa shape index (κ3) is 5.60. The maximum atomic E-state index is 13.7. The van der Waals surface area contributed by atoms with Gasteiger partial charge in [-0.2, -0.15) is 13.2 Å². The van der Waals surface area contributed by atoms with Gasteiger partial charge in [-0.05, 0) is 12.8 Å². The van der Waals surface area contributed by atoms with Crippen LogP contribution in [-0.2, 0) is 34.1 Å². The van der Waals surface area contributed by atoms with Gasteiger partial charge in [-0.25, -0.2) is 14.4 Å². The molecule has 3 heterocycles. The van der Waals surface area contributed by atoms with Crippen molar-refractivity contribution in [2.45, 2.75) is 83.0 Å². The highest BCUT2D eigenvalue weighted by Crippen LogP contribution is 2.35. The van der Waals surface area contributed by atoms with Crippen LogP contribution in [-0.4, -0.2) is 68.2 Å². The standard InChI is InChI=1S/C21H29F4N5O3/c1-20(2,3)19-27-14-10-29(7-6-12(14)17(28-19)21(23,24)25)16(32)8-11(26)9-30-15(31)5-4-13(22)18(30)33/h11,13,18,33H,4-10,26H2,1-3H3/t11-,13?,18?/m0/s1. The fraction of sp³-hybridized carbons (Fsp3) is 0.714. The second kappa shape index (κ2) is 9.13. The molecule has 1 fully saturated rings. The molecule has 0 saturated carbocycles. The third-order valence-corrected chi connectivity index (χ3v) is 5.82. The fourth-order valence-electron chi connectivity index (χ4n) is 3.99. The maximum Gasteiger partial charge on any atom is 0.433 e. The number of hydrogen-bond acceptors (Lipinski definition) is 6. The number of halogens is 4. The lowest BCUT2D eigenvalue weighted by molar-refractivity contribution is -0.155. The average molecular weight is 475 g/mol. The normalized spacial score (nSPS) is 22.9. The molecule has 184 valence electrons. The molecule has 0 spiro atoms. The number of alkyl halides is 4. The Balaban J connectivity index is 1.73. The lowest BCUT2D eigenvalue weighted by Gasteiger charge is -2.36. The van der Waals surface area contributed by atoms with E-state index in [-0.39, 0.29) is 62.4 Å². The number of nitrogens with zero attached hydrogens (tertiary/aromatic N) is 4. The molecular weight excluding hydrogens is 446 g/mol. The number of aliphatic hydroxyl groups is 1. The molecule has 12 heteroatoms. The SMILES string of the molecule is CC(C)(C)c1nc2c(c(C(F)(F)F)n1)CCN(C(=O)C[C@H](N)CN1C(=O)CCC(F)C1O)C2. The molecule has 2 aliphatic heterocycles. The third-order valence-electron chi connectivity index (χ3n) is 5.82. The first-order chi connectivity index (χ1) is 15.2. The van der Waals surface area contributed by atoms with Gasteiger partial charge in [0.25, 0.3) is 0 Å². The first kappa shape index (κ1) is 25.3. The van der Waals surface area contributed by atoms with Crippen LogP contribution in [0.4, 0.5) is 17.6 Å². The summed E-state index contributed by atoms with van der Waals surface area (Å²) in [6, 6.07) is -0.871. The molecule has 0 aromatic carbocycles. The molecule has 0 radical (unpaired) electrons. The van der Waals surface area contributed by atoms with Crippen molar-refractivity contribution in [1.29, 1.82) is 0 Å². The zero-order valence-electron chi connectivity index (χ0n) is 18.8. The van der Waals surface area contributed by atoms with Crippen LogP contribution in [0.5, 0.6) is 0 Å². The minimum absolute atomic E-state index is 0.0140. The van der Waals surface area contributed by atoms with Crippen molar-refractivity contribution in [3.63, 3.8) is 0 Å². The van der Waals surface area contributed by atoms with Crippen molar-refractivity contribution >= 4 is 11.8 Å². The largest absolute Gasteiger partial charge is 0.433 e. The molecule has 3 atom stereocenters. The van der Waals surface area contributed by atoms with Gasteiger partial charge >= 0.3 is 6.18 Å². The summed E-state index contributed by atoms with van der Waals surface area (Å²) in [6.45, 7) is 4.84. The van der Waals surface area contributed by atoms with Crippen LogP contribution >= 0.6 is 0 Å². The Bertz CT molecular complexity index is 918. The van der Waals surface area contributed by atoms with Gasteiger partial charge in [-0.15, -0.1) is 0 Å². The van der Waals surface area contributed by atoms with E-state index in [1.54, 1.807) is 20.8 Å². The van der Waals surface area contributed by atoms with Gasteiger partial charge in [-0.3, -0.25) is 9.59 Å². The molecule has 3 N–H and O–H groups in total. The van der Waals surface area contributed by atoms with Crippen LogP contribution in [0.25, 0.3) is 0 Å². The summed E-state index contributed by atoms with van der Waals surface area (Å²) in [4.78, 5) is 35.2. The lowest BCUT2D eigenvalue weighted by Crippen LogP contribution is -2.54. The molecule has 0 aliphatic carbocycles. The molecule has 8 nitrogen and oxygen atoms in total. The number of fused-ring (bicyclic) bond motifs is 1. The zero-order chi connectivity index (χ0) is 24.7. The molecule has 0 bridgehead atoms. The van der Waals surface area contributed by atoms with Gasteiger partial charge in [0.05, 0.1) is 12.2 Å². The number of hydrogen-bond donors (Lipinski definition) is 2. The van der Waals surface area contributed by atoms with E-state index >= 15 is 0 Å². The number of carbonyl (C=O) groups is 2. The van der Waals surface area contributed by atoms with E-state index in [0.717, 1.165) is 4.90 Å². The zero-order valence-corrected chi connectivity index (χ0v) is 18.8. The molecular formula is C21H29F4N5O3. The first-order valence-electron chi connectivity index (χ1n) is 10.8. The summed E-state index contributed by atoms with van der Waals surface area (Å²) < 4.78 is 54.6. The average Bonchev–Trinajstić information content (AvgIpc) is 2.71.